The third-order valence-corrected chi connectivity index (χ3v) is 2.12. The van der Waals surface area contributed by atoms with Gasteiger partial charge in [0.15, 0.2) is 0 Å². The van der Waals surface area contributed by atoms with Crippen molar-refractivity contribution in [2.45, 2.75) is 0 Å². The number of nitrogens with zero attached hydrogens (tertiary/aromatic N) is 1. The molecule has 15 heavy (non-hydrogen) atoms. The van der Waals surface area contributed by atoms with E-state index >= 15 is 0 Å². The van der Waals surface area contributed by atoms with E-state index in [1.54, 1.807) is 12.3 Å². The Morgan fingerprint density at radius 3 is 3.07 bits per heavy atom. The highest BCUT2D eigenvalue weighted by molar-refractivity contribution is 5.93. The first kappa shape index (κ1) is 9.52. The standard InChI is InChI=1S/C12H12N2O/c1-2-8-15-11-6-7-14-12-9(11)4-3-5-10(12)13/h2-7H,1,8,13H2. The van der Waals surface area contributed by atoms with Crippen LogP contribution < -0.4 is 10.5 Å². The predicted molar refractivity (Wildman–Crippen MR) is 61.8 cm³/mol. The second-order valence-electron chi connectivity index (χ2n) is 3.15. The van der Waals surface area contributed by atoms with E-state index in [4.69, 9.17) is 10.5 Å². The minimum atomic E-state index is 0.480. The summed E-state index contributed by atoms with van der Waals surface area (Å²) in [6, 6.07) is 7.48. The maximum atomic E-state index is 5.82. The molecule has 0 aliphatic rings. The van der Waals surface area contributed by atoms with E-state index in [0.717, 1.165) is 16.7 Å². The lowest BCUT2D eigenvalue weighted by Gasteiger charge is -2.07. The van der Waals surface area contributed by atoms with Gasteiger partial charge in [0.25, 0.3) is 0 Å². The minimum Gasteiger partial charge on any atom is -0.489 e. The van der Waals surface area contributed by atoms with Crippen LogP contribution in [0, 0.1) is 0 Å². The number of nitrogens with two attached hydrogens (primary N) is 1. The molecule has 1 heterocycles. The largest absolute Gasteiger partial charge is 0.489 e. The van der Waals surface area contributed by atoms with Crippen LogP contribution in [0.2, 0.25) is 0 Å². The minimum absolute atomic E-state index is 0.480. The fraction of sp³-hybridized carbons (Fsp3) is 0.0833. The Hall–Kier alpha value is -2.03. The summed E-state index contributed by atoms with van der Waals surface area (Å²) < 4.78 is 5.51. The maximum Gasteiger partial charge on any atom is 0.130 e. The molecule has 0 radical (unpaired) electrons. The van der Waals surface area contributed by atoms with Gasteiger partial charge in [0.1, 0.15) is 12.4 Å². The zero-order valence-corrected chi connectivity index (χ0v) is 8.31. The van der Waals surface area contributed by atoms with Crippen LogP contribution in [-0.2, 0) is 0 Å². The Morgan fingerprint density at radius 2 is 2.27 bits per heavy atom. The molecule has 0 spiro atoms. The summed E-state index contributed by atoms with van der Waals surface area (Å²) >= 11 is 0. The van der Waals surface area contributed by atoms with Gasteiger partial charge in [-0.1, -0.05) is 18.7 Å². The lowest BCUT2D eigenvalue weighted by atomic mass is 10.2. The van der Waals surface area contributed by atoms with Crippen LogP contribution in [-0.4, -0.2) is 11.6 Å². The fourth-order valence-electron chi connectivity index (χ4n) is 1.45. The molecule has 1 aromatic carbocycles. The van der Waals surface area contributed by atoms with Crippen LogP contribution in [0.25, 0.3) is 10.9 Å². The molecule has 3 nitrogen and oxygen atoms in total. The molecule has 3 heteroatoms. The van der Waals surface area contributed by atoms with Crippen LogP contribution in [0.1, 0.15) is 0 Å². The number of para-hydroxylation sites is 1. The van der Waals surface area contributed by atoms with Gasteiger partial charge in [0, 0.05) is 11.6 Å². The molecule has 76 valence electrons. The summed E-state index contributed by atoms with van der Waals surface area (Å²) in [5, 5.41) is 0.930. The highest BCUT2D eigenvalue weighted by Gasteiger charge is 2.03. The van der Waals surface area contributed by atoms with E-state index in [0.29, 0.717) is 12.3 Å². The molecule has 0 aliphatic carbocycles. The number of aromatic nitrogens is 1. The van der Waals surface area contributed by atoms with Crippen molar-refractivity contribution in [3.8, 4) is 5.75 Å². The van der Waals surface area contributed by atoms with Crippen molar-refractivity contribution in [2.75, 3.05) is 12.3 Å². The average Bonchev–Trinajstić information content (AvgIpc) is 2.27. The number of pyridine rings is 1. The molecular formula is C12H12N2O. The van der Waals surface area contributed by atoms with Gasteiger partial charge in [-0.2, -0.15) is 0 Å². The third kappa shape index (κ3) is 1.76. The molecule has 0 bridgehead atoms. The molecular weight excluding hydrogens is 188 g/mol. The van der Waals surface area contributed by atoms with Crippen molar-refractivity contribution in [3.63, 3.8) is 0 Å². The maximum absolute atomic E-state index is 5.82. The van der Waals surface area contributed by atoms with Crippen molar-refractivity contribution in [1.82, 2.24) is 4.98 Å². The first-order valence-corrected chi connectivity index (χ1v) is 4.70. The Kier molecular flexibility index (Phi) is 2.54. The Bertz CT molecular complexity index is 494. The highest BCUT2D eigenvalue weighted by Crippen LogP contribution is 2.26. The molecule has 0 saturated heterocycles. The van der Waals surface area contributed by atoms with Crippen molar-refractivity contribution in [1.29, 1.82) is 0 Å². The quantitative estimate of drug-likeness (QED) is 0.611. The van der Waals surface area contributed by atoms with Crippen LogP contribution in [0.15, 0.2) is 43.1 Å². The van der Waals surface area contributed by atoms with Gasteiger partial charge in [-0.15, -0.1) is 0 Å². The Balaban J connectivity index is 2.55. The molecule has 0 saturated carbocycles. The summed E-state index contributed by atoms with van der Waals surface area (Å²) in [5.74, 6) is 0.784. The van der Waals surface area contributed by atoms with Crippen LogP contribution in [0.4, 0.5) is 5.69 Å². The molecule has 0 amide bonds. The summed E-state index contributed by atoms with van der Waals surface area (Å²) in [6.45, 7) is 4.09. The van der Waals surface area contributed by atoms with Gasteiger partial charge in [-0.25, -0.2) is 0 Å². The number of hydrogen-bond acceptors (Lipinski definition) is 3. The highest BCUT2D eigenvalue weighted by atomic mass is 16.5. The number of fused-ring (bicyclic) bond motifs is 1. The molecule has 0 unspecified atom stereocenters. The molecule has 0 aliphatic heterocycles. The van der Waals surface area contributed by atoms with Crippen molar-refractivity contribution in [3.05, 3.63) is 43.1 Å². The van der Waals surface area contributed by atoms with E-state index in [2.05, 4.69) is 11.6 Å². The summed E-state index contributed by atoms with van der Waals surface area (Å²) in [7, 11) is 0. The number of anilines is 1. The Labute approximate surface area is 88.2 Å². The van der Waals surface area contributed by atoms with E-state index < -0.39 is 0 Å². The average molecular weight is 200 g/mol. The van der Waals surface area contributed by atoms with E-state index in [1.165, 1.54) is 0 Å². The lowest BCUT2D eigenvalue weighted by Crippen LogP contribution is -1.96. The van der Waals surface area contributed by atoms with Gasteiger partial charge < -0.3 is 10.5 Å². The third-order valence-electron chi connectivity index (χ3n) is 2.12. The molecule has 0 atom stereocenters. The zero-order valence-electron chi connectivity index (χ0n) is 8.31. The lowest BCUT2D eigenvalue weighted by molar-refractivity contribution is 0.367. The monoisotopic (exact) mass is 200 g/mol. The van der Waals surface area contributed by atoms with Gasteiger partial charge in [-0.3, -0.25) is 4.98 Å². The van der Waals surface area contributed by atoms with Gasteiger partial charge in [0.2, 0.25) is 0 Å². The van der Waals surface area contributed by atoms with E-state index in [9.17, 15) is 0 Å². The number of benzene rings is 1. The number of hydrogen-bond donors (Lipinski definition) is 1. The second-order valence-corrected chi connectivity index (χ2v) is 3.15. The van der Waals surface area contributed by atoms with Gasteiger partial charge >= 0.3 is 0 Å². The molecule has 2 aromatic rings. The summed E-state index contributed by atoms with van der Waals surface area (Å²) in [4.78, 5) is 4.22. The number of nitrogen functional groups attached to an aromatic ring is 1. The SMILES string of the molecule is C=CCOc1ccnc2c(N)cccc12. The summed E-state index contributed by atoms with van der Waals surface area (Å²) in [6.07, 6.45) is 3.40. The zero-order chi connectivity index (χ0) is 10.7. The predicted octanol–water partition coefficient (Wildman–Crippen LogP) is 2.38. The number of rotatable bonds is 3. The topological polar surface area (TPSA) is 48.1 Å². The smallest absolute Gasteiger partial charge is 0.130 e. The van der Waals surface area contributed by atoms with E-state index in [1.807, 2.05) is 24.3 Å². The van der Waals surface area contributed by atoms with Crippen molar-refractivity contribution in [2.24, 2.45) is 0 Å². The van der Waals surface area contributed by atoms with Gasteiger partial charge in [0.05, 0.1) is 11.2 Å². The van der Waals surface area contributed by atoms with Crippen molar-refractivity contribution >= 4 is 16.6 Å². The summed E-state index contributed by atoms with van der Waals surface area (Å²) in [5.41, 5.74) is 7.26. The van der Waals surface area contributed by atoms with Crippen LogP contribution >= 0.6 is 0 Å². The molecule has 2 rings (SSSR count). The first-order chi connectivity index (χ1) is 7.33. The molecule has 0 fully saturated rings. The van der Waals surface area contributed by atoms with Crippen LogP contribution in [0.5, 0.6) is 5.75 Å². The number of ether oxygens (including phenoxy) is 1. The molecule has 2 N–H and O–H groups in total. The first-order valence-electron chi connectivity index (χ1n) is 4.70. The molecule has 1 aromatic heterocycles. The van der Waals surface area contributed by atoms with E-state index in [-0.39, 0.29) is 0 Å². The normalized spacial score (nSPS) is 10.1. The Morgan fingerprint density at radius 1 is 1.40 bits per heavy atom. The van der Waals surface area contributed by atoms with Gasteiger partial charge in [-0.05, 0) is 18.2 Å². The fourth-order valence-corrected chi connectivity index (χ4v) is 1.45. The second kappa shape index (κ2) is 4.00. The van der Waals surface area contributed by atoms with Crippen molar-refractivity contribution < 1.29 is 4.74 Å². The van der Waals surface area contributed by atoms with Crippen LogP contribution in [0.3, 0.4) is 0 Å².